The van der Waals surface area contributed by atoms with Gasteiger partial charge in [0.15, 0.2) is 4.96 Å². The molecule has 1 fully saturated rings. The van der Waals surface area contributed by atoms with Gasteiger partial charge >= 0.3 is 0 Å². The molecule has 108 valence electrons. The lowest BCUT2D eigenvalue weighted by molar-refractivity contribution is 0.0542. The highest BCUT2D eigenvalue weighted by Gasteiger charge is 2.25. The lowest BCUT2D eigenvalue weighted by Gasteiger charge is -2.23. The monoisotopic (exact) mass is 293 g/mol. The molecule has 2 aromatic rings. The van der Waals surface area contributed by atoms with E-state index in [1.807, 2.05) is 29.3 Å². The number of rotatable bonds is 4. The molecule has 0 saturated carbocycles. The number of hydrogen-bond acceptors (Lipinski definition) is 4. The van der Waals surface area contributed by atoms with Crippen molar-refractivity contribution in [3.8, 4) is 0 Å². The molecule has 20 heavy (non-hydrogen) atoms. The molecule has 1 saturated heterocycles. The number of imidazole rings is 1. The van der Waals surface area contributed by atoms with Crippen LogP contribution in [-0.4, -0.2) is 46.0 Å². The normalized spacial score (nSPS) is 18.8. The Bertz CT molecular complexity index is 613. The van der Waals surface area contributed by atoms with Crippen LogP contribution in [0.4, 0.5) is 0 Å². The number of aromatic nitrogens is 2. The molecule has 0 unspecified atom stereocenters. The van der Waals surface area contributed by atoms with Crippen LogP contribution < -0.4 is 0 Å². The first-order valence-electron chi connectivity index (χ1n) is 7.04. The molecule has 0 N–H and O–H groups in total. The fraction of sp³-hybridized carbons (Fsp3) is 0.571. The zero-order valence-electron chi connectivity index (χ0n) is 11.8. The Balaban J connectivity index is 1.81. The number of carbonyl (C=O) groups excluding carboxylic acids is 1. The quantitative estimate of drug-likeness (QED) is 0.869. The summed E-state index contributed by atoms with van der Waals surface area (Å²) in [7, 11) is 0. The first kappa shape index (κ1) is 13.6. The minimum atomic E-state index is 0.0935. The Labute approximate surface area is 122 Å². The topological polar surface area (TPSA) is 46.8 Å². The van der Waals surface area contributed by atoms with Crippen LogP contribution >= 0.6 is 11.3 Å². The van der Waals surface area contributed by atoms with Crippen LogP contribution in [0.15, 0.2) is 12.4 Å². The molecular weight excluding hydrogens is 274 g/mol. The first-order chi connectivity index (χ1) is 9.70. The van der Waals surface area contributed by atoms with E-state index in [2.05, 4.69) is 4.98 Å². The molecule has 0 spiro atoms. The lowest BCUT2D eigenvalue weighted by Crippen LogP contribution is -2.37. The second kappa shape index (κ2) is 5.54. The van der Waals surface area contributed by atoms with Gasteiger partial charge in [0.2, 0.25) is 0 Å². The van der Waals surface area contributed by atoms with E-state index < -0.39 is 0 Å². The molecule has 1 aliphatic heterocycles. The highest BCUT2D eigenvalue weighted by Crippen LogP contribution is 2.24. The molecule has 0 radical (unpaired) electrons. The molecule has 1 amide bonds. The Morgan fingerprint density at radius 2 is 2.50 bits per heavy atom. The Morgan fingerprint density at radius 3 is 3.15 bits per heavy atom. The highest BCUT2D eigenvalue weighted by atomic mass is 32.1. The standard InChI is InChI=1S/C14H19N3O2S/c1-3-16(9-11-5-4-8-19-11)13(18)12-10(2)17-7-6-15-14(17)20-12/h6-7,11H,3-5,8-9H2,1-2H3/t11-/m1/s1. The Morgan fingerprint density at radius 1 is 1.65 bits per heavy atom. The summed E-state index contributed by atoms with van der Waals surface area (Å²) in [5.74, 6) is 0.0935. The van der Waals surface area contributed by atoms with Crippen molar-refractivity contribution in [2.45, 2.75) is 32.8 Å². The maximum Gasteiger partial charge on any atom is 0.265 e. The van der Waals surface area contributed by atoms with E-state index in [4.69, 9.17) is 4.74 Å². The fourth-order valence-corrected chi connectivity index (χ4v) is 3.68. The van der Waals surface area contributed by atoms with Gasteiger partial charge in [-0.2, -0.15) is 0 Å². The number of likely N-dealkylation sites (N-methyl/N-ethyl adjacent to an activating group) is 1. The van der Waals surface area contributed by atoms with Crippen molar-refractivity contribution in [2.24, 2.45) is 0 Å². The number of nitrogens with zero attached hydrogens (tertiary/aromatic N) is 3. The van der Waals surface area contributed by atoms with Crippen molar-refractivity contribution < 1.29 is 9.53 Å². The van der Waals surface area contributed by atoms with E-state index in [1.165, 1.54) is 11.3 Å². The minimum absolute atomic E-state index is 0.0935. The molecular formula is C14H19N3O2S. The van der Waals surface area contributed by atoms with E-state index in [1.54, 1.807) is 6.20 Å². The highest BCUT2D eigenvalue weighted by molar-refractivity contribution is 7.19. The molecule has 0 bridgehead atoms. The van der Waals surface area contributed by atoms with Crippen molar-refractivity contribution in [3.63, 3.8) is 0 Å². The Hall–Kier alpha value is -1.40. The van der Waals surface area contributed by atoms with E-state index in [0.29, 0.717) is 13.1 Å². The second-order valence-electron chi connectivity index (χ2n) is 5.08. The van der Waals surface area contributed by atoms with E-state index >= 15 is 0 Å². The zero-order chi connectivity index (χ0) is 14.1. The van der Waals surface area contributed by atoms with Gasteiger partial charge in [-0.15, -0.1) is 0 Å². The summed E-state index contributed by atoms with van der Waals surface area (Å²) in [6.45, 7) is 6.20. The van der Waals surface area contributed by atoms with Crippen molar-refractivity contribution >= 4 is 22.2 Å². The van der Waals surface area contributed by atoms with Crippen LogP contribution in [0.3, 0.4) is 0 Å². The number of amides is 1. The molecule has 1 aliphatic rings. The summed E-state index contributed by atoms with van der Waals surface area (Å²) < 4.78 is 7.61. The van der Waals surface area contributed by atoms with Crippen LogP contribution in [-0.2, 0) is 4.74 Å². The molecule has 2 aromatic heterocycles. The van der Waals surface area contributed by atoms with Gasteiger partial charge in [0.25, 0.3) is 5.91 Å². The Kier molecular flexibility index (Phi) is 3.76. The van der Waals surface area contributed by atoms with Crippen LogP contribution in [0.25, 0.3) is 4.96 Å². The molecule has 1 atom stereocenters. The summed E-state index contributed by atoms with van der Waals surface area (Å²) >= 11 is 1.46. The van der Waals surface area contributed by atoms with Crippen LogP contribution in [0.2, 0.25) is 0 Å². The van der Waals surface area contributed by atoms with Crippen molar-refractivity contribution in [3.05, 3.63) is 23.0 Å². The summed E-state index contributed by atoms with van der Waals surface area (Å²) in [4.78, 5) is 20.5. The maximum atomic E-state index is 12.7. The summed E-state index contributed by atoms with van der Waals surface area (Å²) in [6.07, 6.45) is 6.01. The van der Waals surface area contributed by atoms with Gasteiger partial charge in [-0.25, -0.2) is 4.98 Å². The largest absolute Gasteiger partial charge is 0.376 e. The molecule has 3 rings (SSSR count). The third kappa shape index (κ3) is 2.33. The number of thiazole rings is 1. The van der Waals surface area contributed by atoms with E-state index in [-0.39, 0.29) is 12.0 Å². The van der Waals surface area contributed by atoms with Crippen LogP contribution in [0, 0.1) is 6.92 Å². The maximum absolute atomic E-state index is 12.7. The number of fused-ring (bicyclic) bond motifs is 1. The average Bonchev–Trinajstić information content (AvgIpc) is 3.15. The van der Waals surface area contributed by atoms with Crippen molar-refractivity contribution in [1.82, 2.24) is 14.3 Å². The zero-order valence-corrected chi connectivity index (χ0v) is 12.7. The first-order valence-corrected chi connectivity index (χ1v) is 7.85. The number of ether oxygens (including phenoxy) is 1. The lowest BCUT2D eigenvalue weighted by atomic mass is 10.2. The molecule has 0 aromatic carbocycles. The number of carbonyl (C=O) groups is 1. The van der Waals surface area contributed by atoms with Gasteiger partial charge in [0.1, 0.15) is 4.88 Å². The average molecular weight is 293 g/mol. The van der Waals surface area contributed by atoms with E-state index in [0.717, 1.165) is 35.0 Å². The molecule has 0 aliphatic carbocycles. The van der Waals surface area contributed by atoms with Crippen molar-refractivity contribution in [2.75, 3.05) is 19.7 Å². The number of aryl methyl sites for hydroxylation is 1. The SMILES string of the molecule is CCN(C[C@H]1CCCO1)C(=O)c1sc2nccn2c1C. The van der Waals surface area contributed by atoms with E-state index in [9.17, 15) is 4.79 Å². The van der Waals surface area contributed by atoms with Crippen LogP contribution in [0.1, 0.15) is 35.1 Å². The van der Waals surface area contributed by atoms with Crippen LogP contribution in [0.5, 0.6) is 0 Å². The van der Waals surface area contributed by atoms with Gasteiger partial charge in [-0.3, -0.25) is 9.20 Å². The minimum Gasteiger partial charge on any atom is -0.376 e. The molecule has 5 nitrogen and oxygen atoms in total. The van der Waals surface area contributed by atoms with Gasteiger partial charge in [-0.05, 0) is 26.7 Å². The molecule has 3 heterocycles. The summed E-state index contributed by atoms with van der Waals surface area (Å²) in [5.41, 5.74) is 0.971. The summed E-state index contributed by atoms with van der Waals surface area (Å²) in [6, 6.07) is 0. The molecule has 6 heteroatoms. The van der Waals surface area contributed by atoms with Crippen molar-refractivity contribution in [1.29, 1.82) is 0 Å². The predicted octanol–water partition coefficient (Wildman–Crippen LogP) is 2.35. The van der Waals surface area contributed by atoms with Gasteiger partial charge < -0.3 is 9.64 Å². The smallest absolute Gasteiger partial charge is 0.265 e. The van der Waals surface area contributed by atoms with Gasteiger partial charge in [-0.1, -0.05) is 11.3 Å². The second-order valence-corrected chi connectivity index (χ2v) is 6.05. The van der Waals surface area contributed by atoms with Gasteiger partial charge in [0, 0.05) is 37.8 Å². The summed E-state index contributed by atoms with van der Waals surface area (Å²) in [5, 5.41) is 0. The third-order valence-corrected chi connectivity index (χ3v) is 4.96. The fourth-order valence-electron chi connectivity index (χ4n) is 2.63. The van der Waals surface area contributed by atoms with Gasteiger partial charge in [0.05, 0.1) is 6.10 Å². The number of hydrogen-bond donors (Lipinski definition) is 0. The third-order valence-electron chi connectivity index (χ3n) is 3.80. The predicted molar refractivity (Wildman–Crippen MR) is 78.4 cm³/mol.